The number of hydrogen-bond acceptors (Lipinski definition) is 4. The van der Waals surface area contributed by atoms with Crippen molar-refractivity contribution in [1.29, 1.82) is 0 Å². The number of ether oxygens (including phenoxy) is 2. The molecule has 3 aromatic rings. The molecule has 214 valence electrons. The lowest BCUT2D eigenvalue weighted by atomic mass is 9.84. The Hall–Kier alpha value is -3.03. The second-order valence-corrected chi connectivity index (χ2v) is 11.6. The summed E-state index contributed by atoms with van der Waals surface area (Å²) in [6.45, 7) is 8.74. The van der Waals surface area contributed by atoms with E-state index in [-0.39, 0.29) is 22.8 Å². The molecule has 1 saturated heterocycles. The van der Waals surface area contributed by atoms with Crippen LogP contribution in [0.1, 0.15) is 65.3 Å². The molecule has 0 aliphatic carbocycles. The number of Topliss-reactive ketones (excluding diaryl/α,β-unsaturated/α-hetero) is 1. The predicted octanol–water partition coefficient (Wildman–Crippen LogP) is 7.84. The number of allylic oxidation sites excluding steroid dienone is 1. The van der Waals surface area contributed by atoms with Gasteiger partial charge in [-0.3, -0.25) is 14.5 Å². The van der Waals surface area contributed by atoms with E-state index in [0.29, 0.717) is 39.9 Å². The molecule has 0 N–H and O–H groups in total. The second kappa shape index (κ2) is 11.7. The van der Waals surface area contributed by atoms with Crippen LogP contribution in [0.25, 0.3) is 5.57 Å². The number of carbonyl (C=O) groups is 2. The molecule has 41 heavy (non-hydrogen) atoms. The SMILES string of the molecule is C=C(c1cc(F)c2c(c1)C(=O)N([C@H](c1ccc(Cl)cc1)[C@H](C)C(C)=O)C2(OC)c1ccc(Cl)cc1)C1CCOCC1. The van der Waals surface area contributed by atoms with Gasteiger partial charge in [-0.1, -0.05) is 61.0 Å². The fourth-order valence-electron chi connectivity index (χ4n) is 6.12. The fraction of sp³-hybridized carbons (Fsp3) is 0.333. The first-order valence-electron chi connectivity index (χ1n) is 13.6. The van der Waals surface area contributed by atoms with Crippen LogP contribution >= 0.6 is 23.2 Å². The van der Waals surface area contributed by atoms with Gasteiger partial charge in [0.25, 0.3) is 5.91 Å². The van der Waals surface area contributed by atoms with Gasteiger partial charge in [0.1, 0.15) is 11.6 Å². The number of amides is 1. The maximum absolute atomic E-state index is 16.5. The molecular formula is C33H32Cl2FNO4. The summed E-state index contributed by atoms with van der Waals surface area (Å²) in [5.41, 5.74) is 1.06. The van der Waals surface area contributed by atoms with Crippen LogP contribution in [0.15, 0.2) is 67.2 Å². The number of carbonyl (C=O) groups excluding carboxylic acids is 2. The normalized spacial score (nSPS) is 20.5. The third kappa shape index (κ3) is 5.12. The molecule has 5 nitrogen and oxygen atoms in total. The molecule has 0 radical (unpaired) electrons. The van der Waals surface area contributed by atoms with Crippen molar-refractivity contribution < 1.29 is 23.5 Å². The van der Waals surface area contributed by atoms with Crippen molar-refractivity contribution >= 4 is 40.5 Å². The van der Waals surface area contributed by atoms with Crippen molar-refractivity contribution in [3.8, 4) is 0 Å². The van der Waals surface area contributed by atoms with Gasteiger partial charge in [-0.2, -0.15) is 0 Å². The summed E-state index contributed by atoms with van der Waals surface area (Å²) in [5, 5.41) is 0.989. The average Bonchev–Trinajstić information content (AvgIpc) is 3.23. The number of benzene rings is 3. The van der Waals surface area contributed by atoms with Crippen molar-refractivity contribution in [1.82, 2.24) is 4.90 Å². The first-order chi connectivity index (χ1) is 19.6. The van der Waals surface area contributed by atoms with Crippen molar-refractivity contribution in [3.05, 3.63) is 111 Å². The molecule has 0 aromatic heterocycles. The van der Waals surface area contributed by atoms with E-state index in [0.717, 1.165) is 18.4 Å². The van der Waals surface area contributed by atoms with E-state index >= 15 is 4.39 Å². The highest BCUT2D eigenvalue weighted by Crippen LogP contribution is 2.52. The molecule has 1 unspecified atom stereocenters. The van der Waals surface area contributed by atoms with Crippen LogP contribution in [0.2, 0.25) is 10.0 Å². The Morgan fingerprint density at radius 2 is 1.66 bits per heavy atom. The minimum Gasteiger partial charge on any atom is -0.381 e. The number of rotatable bonds is 8. The van der Waals surface area contributed by atoms with Crippen LogP contribution in [0.4, 0.5) is 4.39 Å². The van der Waals surface area contributed by atoms with Crippen LogP contribution in [0.3, 0.4) is 0 Å². The van der Waals surface area contributed by atoms with Gasteiger partial charge in [0, 0.05) is 41.9 Å². The molecule has 2 aliphatic rings. The van der Waals surface area contributed by atoms with E-state index < -0.39 is 29.4 Å². The number of nitrogens with zero attached hydrogens (tertiary/aromatic N) is 1. The lowest BCUT2D eigenvalue weighted by molar-refractivity contribution is -0.131. The van der Waals surface area contributed by atoms with Crippen LogP contribution in [-0.2, 0) is 20.0 Å². The maximum Gasteiger partial charge on any atom is 0.257 e. The first kappa shape index (κ1) is 29.5. The van der Waals surface area contributed by atoms with Gasteiger partial charge in [-0.05, 0) is 78.8 Å². The summed E-state index contributed by atoms with van der Waals surface area (Å²) in [6.07, 6.45) is 1.55. The monoisotopic (exact) mass is 595 g/mol. The predicted molar refractivity (Wildman–Crippen MR) is 158 cm³/mol. The number of halogens is 3. The van der Waals surface area contributed by atoms with Crippen molar-refractivity contribution in [3.63, 3.8) is 0 Å². The molecule has 1 amide bonds. The second-order valence-electron chi connectivity index (χ2n) is 10.7. The highest BCUT2D eigenvalue weighted by atomic mass is 35.5. The Morgan fingerprint density at radius 1 is 1.07 bits per heavy atom. The zero-order chi connectivity index (χ0) is 29.5. The van der Waals surface area contributed by atoms with Gasteiger partial charge < -0.3 is 9.47 Å². The molecule has 0 bridgehead atoms. The maximum atomic E-state index is 16.5. The highest BCUT2D eigenvalue weighted by Gasteiger charge is 2.57. The average molecular weight is 597 g/mol. The molecule has 2 aliphatic heterocycles. The third-order valence-corrected chi connectivity index (χ3v) is 8.94. The van der Waals surface area contributed by atoms with Crippen molar-refractivity contribution in [2.45, 2.75) is 38.5 Å². The van der Waals surface area contributed by atoms with E-state index in [1.54, 1.807) is 61.5 Å². The van der Waals surface area contributed by atoms with Crippen molar-refractivity contribution in [2.75, 3.05) is 20.3 Å². The summed E-state index contributed by atoms with van der Waals surface area (Å²) in [6, 6.07) is 16.1. The van der Waals surface area contributed by atoms with E-state index in [1.165, 1.54) is 25.0 Å². The third-order valence-electron chi connectivity index (χ3n) is 8.44. The zero-order valence-corrected chi connectivity index (χ0v) is 24.8. The summed E-state index contributed by atoms with van der Waals surface area (Å²) >= 11 is 12.4. The van der Waals surface area contributed by atoms with E-state index in [4.69, 9.17) is 32.7 Å². The number of ketones is 1. The van der Waals surface area contributed by atoms with E-state index in [2.05, 4.69) is 6.58 Å². The van der Waals surface area contributed by atoms with E-state index in [1.807, 2.05) is 0 Å². The number of methoxy groups -OCH3 is 1. The number of hydrogen-bond donors (Lipinski definition) is 0. The molecule has 0 saturated carbocycles. The Labute approximate surface area is 249 Å². The largest absolute Gasteiger partial charge is 0.381 e. The standard InChI is InChI=1S/C33H32Cl2FNO4/c1-19(21(3)38)31(23-5-9-26(34)10-6-23)37-32(39)28-17-24(20(2)22-13-15-41-16-14-22)18-29(36)30(28)33(37,40-4)25-7-11-27(35)12-8-25/h5-12,17-19,22,31H,2,13-16H2,1,3-4H3/t19-,31+,33?/m1/s1. The Bertz CT molecular complexity index is 1480. The van der Waals surface area contributed by atoms with Crippen LogP contribution < -0.4 is 0 Å². The molecule has 1 fully saturated rings. The quantitative estimate of drug-likeness (QED) is 0.266. The van der Waals surface area contributed by atoms with Gasteiger partial charge in [-0.15, -0.1) is 0 Å². The van der Waals surface area contributed by atoms with Crippen molar-refractivity contribution in [2.24, 2.45) is 11.8 Å². The molecule has 3 atom stereocenters. The Kier molecular flexibility index (Phi) is 8.40. The smallest absolute Gasteiger partial charge is 0.257 e. The minimum atomic E-state index is -1.69. The summed E-state index contributed by atoms with van der Waals surface area (Å²) < 4.78 is 28.2. The number of fused-ring (bicyclic) bond motifs is 1. The van der Waals surface area contributed by atoms with Gasteiger partial charge in [0.15, 0.2) is 5.72 Å². The van der Waals surface area contributed by atoms with E-state index in [9.17, 15) is 9.59 Å². The zero-order valence-electron chi connectivity index (χ0n) is 23.3. The Morgan fingerprint density at radius 3 is 2.22 bits per heavy atom. The fourth-order valence-corrected chi connectivity index (χ4v) is 6.38. The minimum absolute atomic E-state index is 0.0885. The highest BCUT2D eigenvalue weighted by molar-refractivity contribution is 6.30. The van der Waals surface area contributed by atoms with Crippen LogP contribution in [0.5, 0.6) is 0 Å². The molecule has 2 heterocycles. The molecule has 5 rings (SSSR count). The first-order valence-corrected chi connectivity index (χ1v) is 14.4. The van der Waals surface area contributed by atoms with Gasteiger partial charge >= 0.3 is 0 Å². The molecule has 3 aromatic carbocycles. The Balaban J connectivity index is 1.76. The topological polar surface area (TPSA) is 55.8 Å². The summed E-state index contributed by atoms with van der Waals surface area (Å²) in [5.74, 6) is -1.72. The lowest BCUT2D eigenvalue weighted by Gasteiger charge is -2.44. The van der Waals surface area contributed by atoms with Gasteiger partial charge in [-0.25, -0.2) is 4.39 Å². The molecule has 8 heteroatoms. The van der Waals surface area contributed by atoms with Crippen LogP contribution in [-0.4, -0.2) is 36.9 Å². The molecular weight excluding hydrogens is 564 g/mol. The van der Waals surface area contributed by atoms with Crippen LogP contribution in [0, 0.1) is 17.7 Å². The summed E-state index contributed by atoms with van der Waals surface area (Å²) in [4.78, 5) is 29.0. The summed E-state index contributed by atoms with van der Waals surface area (Å²) in [7, 11) is 1.44. The van der Waals surface area contributed by atoms with Gasteiger partial charge in [0.05, 0.1) is 17.2 Å². The molecule has 0 spiro atoms. The van der Waals surface area contributed by atoms with Gasteiger partial charge in [0.2, 0.25) is 0 Å². The lowest BCUT2D eigenvalue weighted by Crippen LogP contribution is -2.50.